The molecule has 12 heavy (non-hydrogen) atoms. The van der Waals surface area contributed by atoms with E-state index in [4.69, 9.17) is 5.73 Å². The number of aromatic amines is 1. The summed E-state index contributed by atoms with van der Waals surface area (Å²) in [5, 5.41) is 0. The van der Waals surface area contributed by atoms with E-state index >= 15 is 0 Å². The lowest BCUT2D eigenvalue weighted by Gasteiger charge is -2.11. The van der Waals surface area contributed by atoms with Gasteiger partial charge in [-0.2, -0.15) is 0 Å². The molecule has 0 aliphatic heterocycles. The number of nitrogens with two attached hydrogens (primary N) is 1. The van der Waals surface area contributed by atoms with Crippen molar-refractivity contribution in [3.05, 3.63) is 18.2 Å². The molecule has 72 valence electrons. The fourth-order valence-electron chi connectivity index (χ4n) is 0.776. The van der Waals surface area contributed by atoms with Gasteiger partial charge in [0.25, 0.3) is 0 Å². The van der Waals surface area contributed by atoms with E-state index in [2.05, 4.69) is 23.8 Å². The van der Waals surface area contributed by atoms with E-state index in [-0.39, 0.29) is 30.9 Å². The summed E-state index contributed by atoms with van der Waals surface area (Å²) in [6, 6.07) is 0.0370. The molecule has 1 atom stereocenters. The molecule has 0 saturated carbocycles. The summed E-state index contributed by atoms with van der Waals surface area (Å²) in [7, 11) is 0. The van der Waals surface area contributed by atoms with Crippen LogP contribution in [0.3, 0.4) is 0 Å². The number of nitrogens with one attached hydrogen (secondary N) is 1. The number of hydrogen-bond acceptors (Lipinski definition) is 2. The van der Waals surface area contributed by atoms with Crippen LogP contribution in [0.2, 0.25) is 0 Å². The molecule has 0 aromatic carbocycles. The van der Waals surface area contributed by atoms with Crippen LogP contribution in [0.5, 0.6) is 0 Å². The summed E-state index contributed by atoms with van der Waals surface area (Å²) in [5.41, 5.74) is 5.79. The zero-order valence-corrected chi connectivity index (χ0v) is 8.78. The van der Waals surface area contributed by atoms with Crippen LogP contribution in [0.4, 0.5) is 0 Å². The van der Waals surface area contributed by atoms with Crippen LogP contribution in [0.25, 0.3) is 0 Å². The first-order valence-corrected chi connectivity index (χ1v) is 3.46. The SMILES string of the molecule is CC(C)C(N)c1ncc[nH]1.Cl.Cl. The Morgan fingerprint density at radius 3 is 2.33 bits per heavy atom. The van der Waals surface area contributed by atoms with Crippen molar-refractivity contribution in [1.29, 1.82) is 0 Å². The van der Waals surface area contributed by atoms with Crippen molar-refractivity contribution in [2.45, 2.75) is 19.9 Å². The van der Waals surface area contributed by atoms with Crippen molar-refractivity contribution in [3.63, 3.8) is 0 Å². The predicted molar refractivity (Wildman–Crippen MR) is 54.9 cm³/mol. The Morgan fingerprint density at radius 1 is 1.42 bits per heavy atom. The zero-order chi connectivity index (χ0) is 7.56. The summed E-state index contributed by atoms with van der Waals surface area (Å²) >= 11 is 0. The monoisotopic (exact) mass is 211 g/mol. The fourth-order valence-corrected chi connectivity index (χ4v) is 0.776. The van der Waals surface area contributed by atoms with Gasteiger partial charge in [-0.15, -0.1) is 24.8 Å². The second-order valence-corrected chi connectivity index (χ2v) is 2.74. The van der Waals surface area contributed by atoms with Gasteiger partial charge in [0.05, 0.1) is 6.04 Å². The maximum Gasteiger partial charge on any atom is 0.123 e. The molecule has 1 unspecified atom stereocenters. The summed E-state index contributed by atoms with van der Waals surface area (Å²) in [6.07, 6.45) is 3.51. The molecule has 0 aliphatic carbocycles. The summed E-state index contributed by atoms with van der Waals surface area (Å²) in [4.78, 5) is 7.04. The van der Waals surface area contributed by atoms with Gasteiger partial charge in [-0.25, -0.2) is 4.98 Å². The molecular formula is C7H15Cl2N3. The predicted octanol–water partition coefficient (Wildman–Crippen LogP) is 1.91. The summed E-state index contributed by atoms with van der Waals surface area (Å²) in [6.45, 7) is 4.15. The second kappa shape index (κ2) is 6.29. The van der Waals surface area contributed by atoms with Crippen molar-refractivity contribution in [2.24, 2.45) is 11.7 Å². The van der Waals surface area contributed by atoms with Gasteiger partial charge in [0.1, 0.15) is 5.82 Å². The minimum atomic E-state index is 0. The highest BCUT2D eigenvalue weighted by atomic mass is 35.5. The Bertz CT molecular complexity index is 187. The van der Waals surface area contributed by atoms with Gasteiger partial charge in [-0.3, -0.25) is 0 Å². The number of hydrogen-bond donors (Lipinski definition) is 2. The summed E-state index contributed by atoms with van der Waals surface area (Å²) < 4.78 is 0. The standard InChI is InChI=1S/C7H13N3.2ClH/c1-5(2)6(8)7-9-3-4-10-7;;/h3-6H,8H2,1-2H3,(H,9,10);2*1H. The Labute approximate surface area is 85.0 Å². The number of H-pyrrole nitrogens is 1. The first kappa shape index (κ1) is 14.3. The number of nitrogens with zero attached hydrogens (tertiary/aromatic N) is 1. The molecule has 3 nitrogen and oxygen atoms in total. The molecule has 5 heteroatoms. The highest BCUT2D eigenvalue weighted by Crippen LogP contribution is 2.13. The lowest BCUT2D eigenvalue weighted by molar-refractivity contribution is 0.494. The molecule has 0 spiro atoms. The third-order valence-corrected chi connectivity index (χ3v) is 1.55. The second-order valence-electron chi connectivity index (χ2n) is 2.74. The normalized spacial score (nSPS) is 11.7. The van der Waals surface area contributed by atoms with Crippen molar-refractivity contribution in [2.75, 3.05) is 0 Å². The molecule has 1 rings (SSSR count). The van der Waals surface area contributed by atoms with Gasteiger partial charge in [0, 0.05) is 12.4 Å². The third kappa shape index (κ3) is 3.43. The lowest BCUT2D eigenvalue weighted by atomic mass is 10.1. The average molecular weight is 212 g/mol. The zero-order valence-electron chi connectivity index (χ0n) is 7.15. The third-order valence-electron chi connectivity index (χ3n) is 1.55. The first-order valence-electron chi connectivity index (χ1n) is 3.46. The van der Waals surface area contributed by atoms with Crippen LogP contribution >= 0.6 is 24.8 Å². The molecule has 1 aromatic rings. The summed E-state index contributed by atoms with van der Waals surface area (Å²) in [5.74, 6) is 1.31. The van der Waals surface area contributed by atoms with E-state index in [0.717, 1.165) is 5.82 Å². The highest BCUT2D eigenvalue weighted by Gasteiger charge is 2.11. The Morgan fingerprint density at radius 2 is 2.00 bits per heavy atom. The van der Waals surface area contributed by atoms with Crippen molar-refractivity contribution in [3.8, 4) is 0 Å². The fraction of sp³-hybridized carbons (Fsp3) is 0.571. The van der Waals surface area contributed by atoms with Gasteiger partial charge in [-0.05, 0) is 5.92 Å². The van der Waals surface area contributed by atoms with Crippen molar-refractivity contribution < 1.29 is 0 Å². The van der Waals surface area contributed by atoms with Crippen molar-refractivity contribution in [1.82, 2.24) is 9.97 Å². The minimum absolute atomic E-state index is 0. The van der Waals surface area contributed by atoms with Crippen LogP contribution in [0.1, 0.15) is 25.7 Å². The van der Waals surface area contributed by atoms with Gasteiger partial charge in [0.15, 0.2) is 0 Å². The van der Waals surface area contributed by atoms with Crippen LogP contribution in [0, 0.1) is 5.92 Å². The van der Waals surface area contributed by atoms with Gasteiger partial charge in [-0.1, -0.05) is 13.8 Å². The molecule has 1 aromatic heterocycles. The molecule has 0 bridgehead atoms. The smallest absolute Gasteiger partial charge is 0.123 e. The van der Waals surface area contributed by atoms with Crippen LogP contribution in [-0.4, -0.2) is 9.97 Å². The highest BCUT2D eigenvalue weighted by molar-refractivity contribution is 5.85. The van der Waals surface area contributed by atoms with E-state index in [1.54, 1.807) is 12.4 Å². The van der Waals surface area contributed by atoms with Crippen LogP contribution in [-0.2, 0) is 0 Å². The van der Waals surface area contributed by atoms with E-state index in [1.165, 1.54) is 0 Å². The Hall–Kier alpha value is -0.250. The molecule has 0 radical (unpaired) electrons. The Kier molecular flexibility index (Phi) is 7.48. The molecule has 3 N–H and O–H groups in total. The van der Waals surface area contributed by atoms with Crippen molar-refractivity contribution >= 4 is 24.8 Å². The number of aromatic nitrogens is 2. The van der Waals surface area contributed by atoms with Gasteiger partial charge >= 0.3 is 0 Å². The molecule has 1 heterocycles. The van der Waals surface area contributed by atoms with Gasteiger partial charge < -0.3 is 10.7 Å². The molecular weight excluding hydrogens is 197 g/mol. The minimum Gasteiger partial charge on any atom is -0.347 e. The van der Waals surface area contributed by atoms with Crippen LogP contribution < -0.4 is 5.73 Å². The molecule has 0 fully saturated rings. The maximum atomic E-state index is 5.79. The van der Waals surface area contributed by atoms with Crippen LogP contribution in [0.15, 0.2) is 12.4 Å². The number of rotatable bonds is 2. The number of imidazole rings is 1. The van der Waals surface area contributed by atoms with E-state index in [9.17, 15) is 0 Å². The quantitative estimate of drug-likeness (QED) is 0.786. The van der Waals surface area contributed by atoms with E-state index in [0.29, 0.717) is 5.92 Å². The largest absolute Gasteiger partial charge is 0.347 e. The first-order chi connectivity index (χ1) is 4.72. The molecule has 0 amide bonds. The van der Waals surface area contributed by atoms with E-state index in [1.807, 2.05) is 0 Å². The molecule has 0 aliphatic rings. The number of halogens is 2. The maximum absolute atomic E-state index is 5.79. The van der Waals surface area contributed by atoms with Gasteiger partial charge in [0.2, 0.25) is 0 Å². The topological polar surface area (TPSA) is 54.7 Å². The Balaban J connectivity index is 0. The average Bonchev–Trinajstić information content (AvgIpc) is 2.36. The van der Waals surface area contributed by atoms with E-state index < -0.39 is 0 Å². The molecule has 0 saturated heterocycles. The lowest BCUT2D eigenvalue weighted by Crippen LogP contribution is -2.17.